The molecular formula is C16H12F3NO2. The number of phenolic OH excluding ortho intramolecular Hbond substituents is 1. The molecule has 0 radical (unpaired) electrons. The highest BCUT2D eigenvalue weighted by Gasteiger charge is 2.34. The average molecular weight is 307 g/mol. The summed E-state index contributed by atoms with van der Waals surface area (Å²) in [5.74, 6) is 0.301. The van der Waals surface area contributed by atoms with Gasteiger partial charge in [-0.25, -0.2) is 0 Å². The number of alkyl halides is 3. The predicted octanol–water partition coefficient (Wildman–Crippen LogP) is 4.28. The average Bonchev–Trinajstić information content (AvgIpc) is 2.88. The van der Waals surface area contributed by atoms with Crippen LogP contribution in [0.1, 0.15) is 11.3 Å². The first kappa shape index (κ1) is 14.5. The molecule has 114 valence electrons. The van der Waals surface area contributed by atoms with Crippen LogP contribution < -0.4 is 5.73 Å². The monoisotopic (exact) mass is 307 g/mol. The first-order chi connectivity index (χ1) is 10.4. The van der Waals surface area contributed by atoms with E-state index in [1.54, 1.807) is 6.07 Å². The summed E-state index contributed by atoms with van der Waals surface area (Å²) in [7, 11) is 0. The van der Waals surface area contributed by atoms with E-state index in [2.05, 4.69) is 0 Å². The molecule has 22 heavy (non-hydrogen) atoms. The van der Waals surface area contributed by atoms with Gasteiger partial charge in [-0.05, 0) is 29.8 Å². The van der Waals surface area contributed by atoms with Gasteiger partial charge < -0.3 is 15.3 Å². The lowest BCUT2D eigenvalue weighted by molar-refractivity contribution is -0.137. The van der Waals surface area contributed by atoms with Gasteiger partial charge in [-0.15, -0.1) is 0 Å². The molecule has 0 saturated carbocycles. The molecule has 3 nitrogen and oxygen atoms in total. The molecule has 0 fully saturated rings. The summed E-state index contributed by atoms with van der Waals surface area (Å²) in [5.41, 5.74) is 5.13. The van der Waals surface area contributed by atoms with E-state index in [0.29, 0.717) is 11.1 Å². The minimum Gasteiger partial charge on any atom is -0.508 e. The molecule has 0 aliphatic rings. The quantitative estimate of drug-likeness (QED) is 0.743. The molecule has 0 aliphatic heterocycles. The van der Waals surface area contributed by atoms with Crippen molar-refractivity contribution in [3.05, 3.63) is 53.8 Å². The molecule has 3 N–H and O–H groups in total. The van der Waals surface area contributed by atoms with Crippen molar-refractivity contribution in [3.63, 3.8) is 0 Å². The molecule has 0 unspecified atom stereocenters. The normalized spacial score (nSPS) is 12.0. The summed E-state index contributed by atoms with van der Waals surface area (Å²) in [5, 5.41) is 10.3. The molecule has 0 amide bonds. The zero-order valence-electron chi connectivity index (χ0n) is 11.3. The van der Waals surface area contributed by atoms with Crippen molar-refractivity contribution < 1.29 is 22.7 Å². The SMILES string of the molecule is NCc1cc2cc(O)cc(-c3ccccc3C(F)(F)F)c2o1. The Hall–Kier alpha value is -2.47. The third-order valence-electron chi connectivity index (χ3n) is 3.38. The second kappa shape index (κ2) is 5.06. The molecular weight excluding hydrogens is 295 g/mol. The van der Waals surface area contributed by atoms with Crippen molar-refractivity contribution in [2.75, 3.05) is 0 Å². The number of nitrogens with two attached hydrogens (primary N) is 1. The van der Waals surface area contributed by atoms with Crippen molar-refractivity contribution in [2.24, 2.45) is 5.73 Å². The molecule has 3 rings (SSSR count). The number of phenols is 1. The Balaban J connectivity index is 2.33. The van der Waals surface area contributed by atoms with E-state index in [9.17, 15) is 18.3 Å². The number of halogens is 3. The van der Waals surface area contributed by atoms with Crippen LogP contribution in [-0.4, -0.2) is 5.11 Å². The van der Waals surface area contributed by atoms with E-state index in [1.807, 2.05) is 0 Å². The van der Waals surface area contributed by atoms with E-state index < -0.39 is 11.7 Å². The van der Waals surface area contributed by atoms with Crippen LogP contribution >= 0.6 is 0 Å². The van der Waals surface area contributed by atoms with Gasteiger partial charge >= 0.3 is 6.18 Å². The zero-order valence-corrected chi connectivity index (χ0v) is 11.3. The van der Waals surface area contributed by atoms with Gasteiger partial charge in [-0.2, -0.15) is 13.2 Å². The summed E-state index contributed by atoms with van der Waals surface area (Å²) < 4.78 is 45.1. The topological polar surface area (TPSA) is 59.4 Å². The minimum atomic E-state index is -4.50. The van der Waals surface area contributed by atoms with Crippen LogP contribution in [0.4, 0.5) is 13.2 Å². The number of furan rings is 1. The van der Waals surface area contributed by atoms with Gasteiger partial charge in [0.05, 0.1) is 12.1 Å². The highest BCUT2D eigenvalue weighted by atomic mass is 19.4. The molecule has 3 aromatic rings. The number of aromatic hydroxyl groups is 1. The fourth-order valence-corrected chi connectivity index (χ4v) is 2.46. The maximum atomic E-state index is 13.2. The lowest BCUT2D eigenvalue weighted by Crippen LogP contribution is -2.06. The van der Waals surface area contributed by atoms with Gasteiger partial charge in [0, 0.05) is 10.9 Å². The second-order valence-corrected chi connectivity index (χ2v) is 4.87. The Labute approximate surface area is 123 Å². The van der Waals surface area contributed by atoms with Crippen LogP contribution in [-0.2, 0) is 12.7 Å². The summed E-state index contributed by atoms with van der Waals surface area (Å²) in [6.45, 7) is 0.121. The van der Waals surface area contributed by atoms with Crippen LogP contribution in [0, 0.1) is 0 Å². The van der Waals surface area contributed by atoms with Gasteiger partial charge in [0.1, 0.15) is 17.1 Å². The second-order valence-electron chi connectivity index (χ2n) is 4.87. The van der Waals surface area contributed by atoms with E-state index >= 15 is 0 Å². The smallest absolute Gasteiger partial charge is 0.417 e. The Morgan fingerprint density at radius 2 is 1.77 bits per heavy atom. The predicted molar refractivity (Wildman–Crippen MR) is 76.2 cm³/mol. The van der Waals surface area contributed by atoms with E-state index in [-0.39, 0.29) is 29.0 Å². The van der Waals surface area contributed by atoms with Crippen molar-refractivity contribution in [1.82, 2.24) is 0 Å². The van der Waals surface area contributed by atoms with Crippen molar-refractivity contribution in [3.8, 4) is 16.9 Å². The Bertz CT molecular complexity index is 837. The number of benzene rings is 2. The van der Waals surface area contributed by atoms with Crippen LogP contribution in [0.2, 0.25) is 0 Å². The first-order valence-corrected chi connectivity index (χ1v) is 6.52. The fraction of sp³-hybridized carbons (Fsp3) is 0.125. The number of rotatable bonds is 2. The van der Waals surface area contributed by atoms with Crippen molar-refractivity contribution >= 4 is 11.0 Å². The van der Waals surface area contributed by atoms with Crippen LogP contribution in [0.3, 0.4) is 0 Å². The van der Waals surface area contributed by atoms with E-state index in [1.165, 1.54) is 30.3 Å². The summed E-state index contributed by atoms with van der Waals surface area (Å²) >= 11 is 0. The van der Waals surface area contributed by atoms with Gasteiger partial charge in [-0.3, -0.25) is 0 Å². The van der Waals surface area contributed by atoms with Crippen molar-refractivity contribution in [1.29, 1.82) is 0 Å². The standard InChI is InChI=1S/C16H12F3NO2/c17-16(18,19)14-4-2-1-3-12(14)13-7-10(21)5-9-6-11(8-20)22-15(9)13/h1-7,21H,8,20H2. The molecule has 6 heteroatoms. The zero-order chi connectivity index (χ0) is 15.9. The Morgan fingerprint density at radius 3 is 2.45 bits per heavy atom. The van der Waals surface area contributed by atoms with Gasteiger partial charge in [-0.1, -0.05) is 18.2 Å². The molecule has 0 aliphatic carbocycles. The highest BCUT2D eigenvalue weighted by Crippen LogP contribution is 2.41. The maximum absolute atomic E-state index is 13.2. The summed E-state index contributed by atoms with van der Waals surface area (Å²) in [6, 6.07) is 9.47. The largest absolute Gasteiger partial charge is 0.508 e. The number of hydrogen-bond donors (Lipinski definition) is 2. The third kappa shape index (κ3) is 2.42. The van der Waals surface area contributed by atoms with E-state index in [0.717, 1.165) is 6.07 Å². The summed E-state index contributed by atoms with van der Waals surface area (Å²) in [6.07, 6.45) is -4.50. The lowest BCUT2D eigenvalue weighted by Gasteiger charge is -2.13. The van der Waals surface area contributed by atoms with E-state index in [4.69, 9.17) is 10.2 Å². The number of hydrogen-bond acceptors (Lipinski definition) is 3. The molecule has 0 spiro atoms. The molecule has 0 saturated heterocycles. The molecule has 1 heterocycles. The fourth-order valence-electron chi connectivity index (χ4n) is 2.46. The lowest BCUT2D eigenvalue weighted by atomic mass is 9.97. The third-order valence-corrected chi connectivity index (χ3v) is 3.38. The van der Waals surface area contributed by atoms with Gasteiger partial charge in [0.25, 0.3) is 0 Å². The Morgan fingerprint density at radius 1 is 1.05 bits per heavy atom. The van der Waals surface area contributed by atoms with Crippen molar-refractivity contribution in [2.45, 2.75) is 12.7 Å². The minimum absolute atomic E-state index is 0.0474. The number of fused-ring (bicyclic) bond motifs is 1. The maximum Gasteiger partial charge on any atom is 0.417 e. The molecule has 0 atom stereocenters. The van der Waals surface area contributed by atoms with Crippen LogP contribution in [0.25, 0.3) is 22.1 Å². The first-order valence-electron chi connectivity index (χ1n) is 6.52. The highest BCUT2D eigenvalue weighted by molar-refractivity contribution is 5.95. The summed E-state index contributed by atoms with van der Waals surface area (Å²) in [4.78, 5) is 0. The van der Waals surface area contributed by atoms with Gasteiger partial charge in [0.2, 0.25) is 0 Å². The Kier molecular flexibility index (Phi) is 3.33. The molecule has 1 aromatic heterocycles. The van der Waals surface area contributed by atoms with Crippen LogP contribution in [0.15, 0.2) is 46.9 Å². The molecule has 2 aromatic carbocycles. The molecule has 0 bridgehead atoms. The van der Waals surface area contributed by atoms with Gasteiger partial charge in [0.15, 0.2) is 0 Å². The van der Waals surface area contributed by atoms with Crippen LogP contribution in [0.5, 0.6) is 5.75 Å².